The van der Waals surface area contributed by atoms with Gasteiger partial charge in [0.25, 0.3) is 10.2 Å². The van der Waals surface area contributed by atoms with Crippen molar-refractivity contribution >= 4 is 21.0 Å². The molecule has 0 heterocycles. The largest absolute Gasteiger partial charge is 0.330 e. The molecule has 0 fully saturated rings. The van der Waals surface area contributed by atoms with E-state index < -0.39 is 21.0 Å². The summed E-state index contributed by atoms with van der Waals surface area (Å²) in [6, 6.07) is 0. The minimum atomic E-state index is -3.43. The quantitative estimate of drug-likeness (QED) is 0.583. The maximum atomic E-state index is 11.7. The van der Waals surface area contributed by atoms with Crippen molar-refractivity contribution in [2.45, 2.75) is 25.0 Å². The van der Waals surface area contributed by atoms with Crippen molar-refractivity contribution < 1.29 is 12.6 Å². The van der Waals surface area contributed by atoms with Gasteiger partial charge in [0.15, 0.2) is 0 Å². The smallest absolute Gasteiger partial charge is 0.279 e. The molecule has 2 atom stereocenters. The molecule has 3 N–H and O–H groups in total. The molecule has 6 nitrogen and oxygen atoms in total. The molecule has 0 saturated carbocycles. The van der Waals surface area contributed by atoms with Crippen LogP contribution in [-0.2, 0) is 21.0 Å². The van der Waals surface area contributed by atoms with Crippen molar-refractivity contribution in [3.63, 3.8) is 0 Å². The molecule has 0 rings (SSSR count). The Kier molecular flexibility index (Phi) is 8.14. The van der Waals surface area contributed by atoms with Gasteiger partial charge in [0.05, 0.1) is 0 Å². The number of nitrogens with zero attached hydrogens (tertiary/aromatic N) is 1. The second-order valence-corrected chi connectivity index (χ2v) is 7.63. The summed E-state index contributed by atoms with van der Waals surface area (Å²) in [5.74, 6) is 0. The number of hydrogen-bond acceptors (Lipinski definition) is 4. The van der Waals surface area contributed by atoms with Gasteiger partial charge in [0.2, 0.25) is 0 Å². The Balaban J connectivity index is 4.05. The van der Waals surface area contributed by atoms with Crippen LogP contribution in [0.4, 0.5) is 0 Å². The highest BCUT2D eigenvalue weighted by atomic mass is 32.2. The molecule has 0 spiro atoms. The normalized spacial score (nSPS) is 16.1. The summed E-state index contributed by atoms with van der Waals surface area (Å²) in [5.41, 5.74) is 5.32. The molecule has 0 aliphatic heterocycles. The van der Waals surface area contributed by atoms with E-state index in [-0.39, 0.29) is 5.25 Å². The van der Waals surface area contributed by atoms with Crippen LogP contribution in [-0.4, -0.2) is 55.1 Å². The van der Waals surface area contributed by atoms with Crippen LogP contribution < -0.4 is 10.5 Å². The lowest BCUT2D eigenvalue weighted by atomic mass is 10.3. The van der Waals surface area contributed by atoms with Gasteiger partial charge in [-0.25, -0.2) is 4.72 Å². The first kappa shape index (κ1) is 17.0. The standard InChI is InChI=1S/C9H23N3O3S2/c1-9(16(3)13)5-7-11-17(14,15)12(2)8-4-6-10/h9,11H,4-8,10H2,1-3H3. The highest BCUT2D eigenvalue weighted by Crippen LogP contribution is 2.00. The van der Waals surface area contributed by atoms with Crippen LogP contribution in [0.5, 0.6) is 0 Å². The van der Waals surface area contributed by atoms with E-state index in [1.807, 2.05) is 6.92 Å². The second kappa shape index (κ2) is 8.15. The minimum absolute atomic E-state index is 0.00736. The van der Waals surface area contributed by atoms with Gasteiger partial charge >= 0.3 is 0 Å². The predicted octanol–water partition coefficient (Wildman–Crippen LogP) is -0.741. The number of hydrogen-bond donors (Lipinski definition) is 2. The van der Waals surface area contributed by atoms with Crippen LogP contribution in [0, 0.1) is 0 Å². The van der Waals surface area contributed by atoms with Gasteiger partial charge in [-0.3, -0.25) is 4.21 Å². The Morgan fingerprint density at radius 1 is 1.47 bits per heavy atom. The molecule has 0 amide bonds. The van der Waals surface area contributed by atoms with E-state index >= 15 is 0 Å². The molecule has 0 aliphatic carbocycles. The van der Waals surface area contributed by atoms with Gasteiger partial charge < -0.3 is 5.73 Å². The van der Waals surface area contributed by atoms with Gasteiger partial charge in [-0.15, -0.1) is 0 Å². The maximum absolute atomic E-state index is 11.7. The van der Waals surface area contributed by atoms with Crippen molar-refractivity contribution in [2.75, 3.05) is 32.9 Å². The lowest BCUT2D eigenvalue weighted by Gasteiger charge is -2.17. The number of nitrogens with one attached hydrogen (secondary N) is 1. The summed E-state index contributed by atoms with van der Waals surface area (Å²) < 4.78 is 38.2. The third kappa shape index (κ3) is 7.10. The van der Waals surface area contributed by atoms with Crippen LogP contribution >= 0.6 is 0 Å². The topological polar surface area (TPSA) is 92.5 Å². The first-order chi connectivity index (χ1) is 7.81. The Morgan fingerprint density at radius 3 is 2.53 bits per heavy atom. The molecule has 0 aromatic rings. The van der Waals surface area contributed by atoms with Gasteiger partial charge in [-0.2, -0.15) is 12.7 Å². The fourth-order valence-corrected chi connectivity index (χ4v) is 2.52. The van der Waals surface area contributed by atoms with Crippen LogP contribution in [0.2, 0.25) is 0 Å². The Morgan fingerprint density at radius 2 is 2.06 bits per heavy atom. The van der Waals surface area contributed by atoms with Crippen LogP contribution in [0.25, 0.3) is 0 Å². The van der Waals surface area contributed by atoms with Gasteiger partial charge in [0, 0.05) is 42.4 Å². The first-order valence-electron chi connectivity index (χ1n) is 5.54. The summed E-state index contributed by atoms with van der Waals surface area (Å²) in [7, 11) is -2.83. The molecule has 17 heavy (non-hydrogen) atoms. The van der Waals surface area contributed by atoms with Crippen molar-refractivity contribution in [1.82, 2.24) is 9.03 Å². The average molecular weight is 285 g/mol. The molecular weight excluding hydrogens is 262 g/mol. The van der Waals surface area contributed by atoms with Crippen LogP contribution in [0.1, 0.15) is 19.8 Å². The molecule has 0 saturated heterocycles. The predicted molar refractivity (Wildman–Crippen MR) is 71.4 cm³/mol. The Hall–Kier alpha value is -0.0200. The summed E-state index contributed by atoms with van der Waals surface area (Å²) >= 11 is 0. The fourth-order valence-electron chi connectivity index (χ4n) is 1.10. The third-order valence-corrected chi connectivity index (χ3v) is 5.43. The monoisotopic (exact) mass is 285 g/mol. The van der Waals surface area contributed by atoms with Crippen molar-refractivity contribution in [2.24, 2.45) is 5.73 Å². The zero-order chi connectivity index (χ0) is 13.5. The fraction of sp³-hybridized carbons (Fsp3) is 1.00. The van der Waals surface area contributed by atoms with Gasteiger partial charge in [0.1, 0.15) is 0 Å². The number of rotatable bonds is 9. The SMILES string of the molecule is CC(CCNS(=O)(=O)N(C)CCCN)S(C)=O. The Bertz CT molecular complexity index is 332. The minimum Gasteiger partial charge on any atom is -0.330 e. The zero-order valence-corrected chi connectivity index (χ0v) is 12.3. The van der Waals surface area contributed by atoms with Crippen LogP contribution in [0.15, 0.2) is 0 Å². The molecule has 0 radical (unpaired) electrons. The van der Waals surface area contributed by atoms with E-state index in [1.165, 1.54) is 11.4 Å². The highest BCUT2D eigenvalue weighted by molar-refractivity contribution is 7.87. The average Bonchev–Trinajstić information content (AvgIpc) is 2.25. The third-order valence-electron chi connectivity index (χ3n) is 2.49. The summed E-state index contributed by atoms with van der Waals surface area (Å²) in [6.07, 6.45) is 2.81. The highest BCUT2D eigenvalue weighted by Gasteiger charge is 2.16. The number of nitrogens with two attached hydrogens (primary N) is 1. The van der Waals surface area contributed by atoms with E-state index in [1.54, 1.807) is 6.26 Å². The molecule has 0 bridgehead atoms. The molecule has 0 aromatic heterocycles. The summed E-state index contributed by atoms with van der Waals surface area (Å²) in [4.78, 5) is 0. The van der Waals surface area contributed by atoms with Crippen molar-refractivity contribution in [1.29, 1.82) is 0 Å². The molecule has 0 aromatic carbocycles. The molecule has 2 unspecified atom stereocenters. The lowest BCUT2D eigenvalue weighted by molar-refractivity contribution is 0.452. The van der Waals surface area contributed by atoms with E-state index in [9.17, 15) is 12.6 Å². The summed E-state index contributed by atoms with van der Waals surface area (Å²) in [5, 5.41) is -0.00736. The molecule has 0 aliphatic rings. The van der Waals surface area contributed by atoms with Gasteiger partial charge in [-0.05, 0) is 19.4 Å². The lowest BCUT2D eigenvalue weighted by Crippen LogP contribution is -2.40. The summed E-state index contributed by atoms with van der Waals surface area (Å²) in [6.45, 7) is 3.01. The first-order valence-corrected chi connectivity index (χ1v) is 8.60. The van der Waals surface area contributed by atoms with E-state index in [2.05, 4.69) is 4.72 Å². The molecule has 8 heteroatoms. The van der Waals surface area contributed by atoms with Crippen molar-refractivity contribution in [3.05, 3.63) is 0 Å². The molecular formula is C9H23N3O3S2. The van der Waals surface area contributed by atoms with E-state index in [0.29, 0.717) is 32.5 Å². The molecule has 104 valence electrons. The zero-order valence-electron chi connectivity index (χ0n) is 10.7. The van der Waals surface area contributed by atoms with E-state index in [0.717, 1.165) is 0 Å². The van der Waals surface area contributed by atoms with Crippen LogP contribution in [0.3, 0.4) is 0 Å². The second-order valence-electron chi connectivity index (χ2n) is 3.96. The van der Waals surface area contributed by atoms with Gasteiger partial charge in [-0.1, -0.05) is 6.92 Å². The maximum Gasteiger partial charge on any atom is 0.279 e. The Labute approximate surface area is 107 Å². The van der Waals surface area contributed by atoms with Crippen molar-refractivity contribution in [3.8, 4) is 0 Å². The van der Waals surface area contributed by atoms with E-state index in [4.69, 9.17) is 5.73 Å².